The van der Waals surface area contributed by atoms with Crippen molar-refractivity contribution in [2.24, 2.45) is 7.05 Å². The monoisotopic (exact) mass is 801 g/mol. The second-order valence-corrected chi connectivity index (χ2v) is 11.2. The first kappa shape index (κ1) is 41.5. The van der Waals surface area contributed by atoms with E-state index in [9.17, 15) is 52.7 Å². The van der Waals surface area contributed by atoms with Crippen molar-refractivity contribution < 1.29 is 92.4 Å². The number of benzene rings is 4. The summed E-state index contributed by atoms with van der Waals surface area (Å²) in [4.78, 5) is 0. The first-order chi connectivity index (χ1) is 24.9. The van der Waals surface area contributed by atoms with Gasteiger partial charge in [-0.2, -0.15) is 0 Å². The van der Waals surface area contributed by atoms with Gasteiger partial charge in [0, 0.05) is 18.6 Å². The molecular formula is C32H12BF20N. The molecule has 0 atom stereocenters. The molecule has 288 valence electrons. The number of hydrogen-bond donors (Lipinski definition) is 0. The van der Waals surface area contributed by atoms with Gasteiger partial charge in [-0.3, -0.25) is 0 Å². The molecule has 4 aromatic carbocycles. The molecule has 0 saturated heterocycles. The van der Waals surface area contributed by atoms with Gasteiger partial charge in [-0.15, -0.1) is 21.9 Å². The molecule has 0 aliphatic rings. The van der Waals surface area contributed by atoms with Crippen LogP contribution >= 0.6 is 0 Å². The molecule has 0 aliphatic heterocycles. The van der Waals surface area contributed by atoms with Crippen LogP contribution in [0.1, 0.15) is 11.3 Å². The minimum atomic E-state index is -7.22. The molecule has 1 heterocycles. The Morgan fingerprint density at radius 3 is 0.685 bits per heavy atom. The van der Waals surface area contributed by atoms with E-state index >= 15 is 35.1 Å². The molecule has 0 radical (unpaired) electrons. The van der Waals surface area contributed by atoms with Crippen molar-refractivity contribution >= 4 is 28.0 Å². The van der Waals surface area contributed by atoms with E-state index in [2.05, 4.69) is 43.8 Å². The lowest BCUT2D eigenvalue weighted by Gasteiger charge is -2.44. The van der Waals surface area contributed by atoms with Crippen molar-refractivity contribution in [3.8, 4) is 0 Å². The van der Waals surface area contributed by atoms with E-state index < -0.39 is 144 Å². The lowest BCUT2D eigenvalue weighted by atomic mass is 9.12. The molecule has 5 rings (SSSR count). The molecule has 0 bridgehead atoms. The van der Waals surface area contributed by atoms with Crippen molar-refractivity contribution in [2.45, 2.75) is 13.8 Å². The zero-order chi connectivity index (χ0) is 41.2. The third-order valence-electron chi connectivity index (χ3n) is 8.46. The van der Waals surface area contributed by atoms with Crippen LogP contribution < -0.4 is 26.4 Å². The molecule has 1 nitrogen and oxygen atoms in total. The molecule has 1 aromatic heterocycles. The summed E-state index contributed by atoms with van der Waals surface area (Å²) in [6, 6.07) is 4.18. The Balaban J connectivity index is 0.000000631. The Hall–Kier alpha value is -5.31. The molecule has 0 aliphatic carbocycles. The van der Waals surface area contributed by atoms with Crippen LogP contribution in [0.5, 0.6) is 0 Å². The number of rotatable bonds is 4. The van der Waals surface area contributed by atoms with Gasteiger partial charge >= 0.3 is 0 Å². The quantitative estimate of drug-likeness (QED) is 0.0609. The van der Waals surface area contributed by atoms with Crippen LogP contribution in [-0.2, 0) is 7.05 Å². The van der Waals surface area contributed by atoms with Gasteiger partial charge in [0.05, 0.1) is 0 Å². The van der Waals surface area contributed by atoms with Crippen LogP contribution in [0.15, 0.2) is 18.3 Å². The van der Waals surface area contributed by atoms with Crippen LogP contribution in [0, 0.1) is 130 Å². The van der Waals surface area contributed by atoms with Gasteiger partial charge in [0.15, 0.2) is 81.7 Å². The highest BCUT2D eigenvalue weighted by Gasteiger charge is 2.52. The van der Waals surface area contributed by atoms with Gasteiger partial charge in [-0.1, -0.05) is 0 Å². The predicted octanol–water partition coefficient (Wildman–Crippen LogP) is 6.97. The maximum atomic E-state index is 15.4. The summed E-state index contributed by atoms with van der Waals surface area (Å²) in [5.41, 5.74) is -11.7. The molecule has 0 saturated carbocycles. The van der Waals surface area contributed by atoms with Crippen LogP contribution in [0.3, 0.4) is 0 Å². The standard InChI is InChI=1S/C24BF20.C8H12N/c26-5-1(6(27)14(35)21(42)13(5)34)25(2-7(28)15(36)22(43)16(37)8(2)29,3-9(30)17(38)23(44)18(39)10(3)31)4-11(32)19(40)24(45)20(41)12(4)33;1-7-5-4-6-9(3)8(7)2/h;4-6H,1-3H3/q-1;+1. The fourth-order valence-corrected chi connectivity index (χ4v) is 5.70. The fourth-order valence-electron chi connectivity index (χ4n) is 5.70. The molecule has 5 aromatic rings. The lowest BCUT2D eigenvalue weighted by molar-refractivity contribution is -0.678. The van der Waals surface area contributed by atoms with Gasteiger partial charge in [0.25, 0.3) is 0 Å². The molecule has 22 heteroatoms. The van der Waals surface area contributed by atoms with E-state index in [1.807, 2.05) is 0 Å². The van der Waals surface area contributed by atoms with Gasteiger partial charge < -0.3 is 0 Å². The van der Waals surface area contributed by atoms with E-state index in [1.54, 1.807) is 0 Å². The molecule has 0 amide bonds. The maximum Gasteiger partial charge on any atom is 0.200 e. The summed E-state index contributed by atoms with van der Waals surface area (Å²) in [7, 11) is 2.06. The smallest absolute Gasteiger partial charge is 0.200 e. The Bertz CT molecular complexity index is 1980. The SMILES string of the molecule is Cc1ccc[n+](C)c1C.Fc1c(F)c(F)c([B-](c2c(F)c(F)c(F)c(F)c2F)(c2c(F)c(F)c(F)c(F)c2F)c2c(F)c(F)c(F)c(F)c2F)c(F)c1F. The highest BCUT2D eigenvalue weighted by atomic mass is 19.2. The number of pyridine rings is 1. The normalized spacial score (nSPS) is 11.6. The van der Waals surface area contributed by atoms with Gasteiger partial charge in [0.2, 0.25) is 0 Å². The number of hydrogen-bond acceptors (Lipinski definition) is 0. The van der Waals surface area contributed by atoms with Crippen LogP contribution in [-0.4, -0.2) is 6.15 Å². The minimum Gasteiger partial charge on any atom is -0.207 e. The Morgan fingerprint density at radius 1 is 0.333 bits per heavy atom. The van der Waals surface area contributed by atoms with Crippen molar-refractivity contribution in [2.75, 3.05) is 0 Å². The van der Waals surface area contributed by atoms with E-state index in [0.29, 0.717) is 0 Å². The van der Waals surface area contributed by atoms with Gasteiger partial charge in [-0.05, 0) is 13.0 Å². The number of nitrogens with zero attached hydrogens (tertiary/aromatic N) is 1. The summed E-state index contributed by atoms with van der Waals surface area (Å²) < 4.78 is 296. The van der Waals surface area contributed by atoms with Crippen LogP contribution in [0.25, 0.3) is 0 Å². The molecule has 0 unspecified atom stereocenters. The van der Waals surface area contributed by atoms with Crippen LogP contribution in [0.2, 0.25) is 0 Å². The highest BCUT2D eigenvalue weighted by Crippen LogP contribution is 2.30. The number of halogens is 20. The molecule has 54 heavy (non-hydrogen) atoms. The van der Waals surface area contributed by atoms with Gasteiger partial charge in [0.1, 0.15) is 59.7 Å². The zero-order valence-electron chi connectivity index (χ0n) is 26.3. The van der Waals surface area contributed by atoms with E-state index in [-0.39, 0.29) is 0 Å². The van der Waals surface area contributed by atoms with Crippen molar-refractivity contribution in [3.63, 3.8) is 0 Å². The van der Waals surface area contributed by atoms with Crippen LogP contribution in [0.4, 0.5) is 87.8 Å². The maximum absolute atomic E-state index is 15.4. The molecule has 0 spiro atoms. The van der Waals surface area contributed by atoms with E-state index in [4.69, 9.17) is 0 Å². The Morgan fingerprint density at radius 2 is 0.519 bits per heavy atom. The zero-order valence-corrected chi connectivity index (χ0v) is 26.3. The summed E-state index contributed by atoms with van der Waals surface area (Å²) in [6.45, 7) is 4.24. The first-order valence-electron chi connectivity index (χ1n) is 14.1. The summed E-state index contributed by atoms with van der Waals surface area (Å²) >= 11 is 0. The van der Waals surface area contributed by atoms with Crippen molar-refractivity contribution in [1.82, 2.24) is 0 Å². The predicted molar refractivity (Wildman–Crippen MR) is 146 cm³/mol. The first-order valence-corrected chi connectivity index (χ1v) is 14.1. The fraction of sp³-hybridized carbons (Fsp3) is 0.0938. The molecule has 0 fully saturated rings. The van der Waals surface area contributed by atoms with Gasteiger partial charge in [-0.25, -0.2) is 92.4 Å². The second kappa shape index (κ2) is 14.5. The molecule has 0 N–H and O–H groups in total. The highest BCUT2D eigenvalue weighted by molar-refractivity contribution is 7.20. The summed E-state index contributed by atoms with van der Waals surface area (Å²) in [5.74, 6) is -71.4. The third kappa shape index (κ3) is 5.89. The number of aromatic nitrogens is 1. The Labute approximate surface area is 287 Å². The summed E-state index contributed by atoms with van der Waals surface area (Å²) in [5, 5.41) is 0. The third-order valence-corrected chi connectivity index (χ3v) is 8.46. The van der Waals surface area contributed by atoms with E-state index in [0.717, 1.165) is 0 Å². The van der Waals surface area contributed by atoms with Crippen molar-refractivity contribution in [1.29, 1.82) is 0 Å². The second-order valence-electron chi connectivity index (χ2n) is 11.2. The lowest BCUT2D eigenvalue weighted by Crippen LogP contribution is -2.81. The molecular weight excluding hydrogens is 789 g/mol. The average molecular weight is 801 g/mol. The minimum absolute atomic E-state index is 1.33. The largest absolute Gasteiger partial charge is 0.207 e. The Kier molecular flexibility index (Phi) is 11.1. The topological polar surface area (TPSA) is 3.88 Å². The summed E-state index contributed by atoms with van der Waals surface area (Å²) in [6.07, 6.45) is -5.16. The average Bonchev–Trinajstić information content (AvgIpc) is 3.13. The van der Waals surface area contributed by atoms with E-state index in [1.165, 1.54) is 11.3 Å². The number of aryl methyl sites for hydroxylation is 2. The van der Waals surface area contributed by atoms with Crippen molar-refractivity contribution in [3.05, 3.63) is 146 Å².